The minimum atomic E-state index is 0. The molecule has 0 aliphatic rings. The Labute approximate surface area is 189 Å². The summed E-state index contributed by atoms with van der Waals surface area (Å²) in [6, 6.07) is 21.4. The van der Waals surface area contributed by atoms with Gasteiger partial charge in [-0.1, -0.05) is 25.6 Å². The van der Waals surface area contributed by atoms with Gasteiger partial charge in [-0.3, -0.25) is 0 Å². The third-order valence-corrected chi connectivity index (χ3v) is 4.70. The van der Waals surface area contributed by atoms with Gasteiger partial charge >= 0.3 is 0 Å². The monoisotopic (exact) mass is 426 g/mol. The minimum Gasteiger partial charge on any atom is -0.370 e. The van der Waals surface area contributed by atoms with E-state index >= 15 is 0 Å². The largest absolute Gasteiger partial charge is 0.370 e. The Morgan fingerprint density at radius 2 is 1.38 bits per heavy atom. The first-order chi connectivity index (χ1) is 15.1. The lowest BCUT2D eigenvalue weighted by Gasteiger charge is -2.07. The van der Waals surface area contributed by atoms with E-state index in [1.165, 1.54) is 0 Å². The van der Waals surface area contributed by atoms with E-state index in [9.17, 15) is 0 Å². The summed E-state index contributed by atoms with van der Waals surface area (Å²) >= 11 is 0. The quantitative estimate of drug-likeness (QED) is 0.329. The molecule has 0 spiro atoms. The van der Waals surface area contributed by atoms with Crippen molar-refractivity contribution in [2.75, 3.05) is 23.7 Å². The van der Waals surface area contributed by atoms with Gasteiger partial charge in [0.05, 0.1) is 22.7 Å². The molecule has 0 unspecified atom stereocenters. The van der Waals surface area contributed by atoms with Crippen molar-refractivity contribution in [1.82, 2.24) is 9.97 Å². The topological polar surface area (TPSA) is 97.5 Å². The molecular weight excluding hydrogens is 396 g/mol. The van der Waals surface area contributed by atoms with Crippen LogP contribution in [0.5, 0.6) is 0 Å². The van der Waals surface area contributed by atoms with E-state index in [4.69, 9.17) is 10.7 Å². The number of benzene rings is 2. The van der Waals surface area contributed by atoms with Gasteiger partial charge in [0.15, 0.2) is 0 Å². The molecule has 6 heteroatoms. The first-order valence-corrected chi connectivity index (χ1v) is 10.3. The number of aromatic nitrogens is 2. The van der Waals surface area contributed by atoms with E-state index in [2.05, 4.69) is 26.7 Å². The van der Waals surface area contributed by atoms with E-state index in [0.29, 0.717) is 11.3 Å². The lowest BCUT2D eigenvalue weighted by atomic mass is 10.1. The van der Waals surface area contributed by atoms with Gasteiger partial charge < -0.3 is 16.0 Å². The Balaban J connectivity index is 0.000000220. The average Bonchev–Trinajstić information content (AvgIpc) is 2.78. The summed E-state index contributed by atoms with van der Waals surface area (Å²) in [6.45, 7) is 7.58. The Morgan fingerprint density at radius 1 is 0.844 bits per heavy atom. The Hall–Kier alpha value is -3.98. The molecule has 2 aromatic heterocycles. The highest BCUT2D eigenvalue weighted by molar-refractivity contribution is 6.07. The minimum absolute atomic E-state index is 0. The molecule has 0 aliphatic carbocycles. The zero-order valence-electron chi connectivity index (χ0n) is 18.0. The standard InChI is InChI=1S/C13H15N3.C12H11N3.CH4/c1-3-15-13-8-7-11-10(9(2)14)5-4-6-12(11)16-13;1-2-14-12-7-6-10-9(8-13)4-3-5-11(10)15-12;/h4-8,14H,3H2,1-2H3,(H,15,16);3-7H,2H2,1H3,(H,14,15);1H4. The van der Waals surface area contributed by atoms with Crippen LogP contribution in [0.15, 0.2) is 60.7 Å². The molecule has 4 aromatic rings. The number of nitrogens with zero attached hydrogens (tertiary/aromatic N) is 3. The highest BCUT2D eigenvalue weighted by atomic mass is 15.0. The van der Waals surface area contributed by atoms with Gasteiger partial charge in [-0.2, -0.15) is 5.26 Å². The molecule has 0 bridgehead atoms. The number of fused-ring (bicyclic) bond motifs is 2. The van der Waals surface area contributed by atoms with Crippen molar-refractivity contribution < 1.29 is 0 Å². The van der Waals surface area contributed by atoms with Crippen LogP contribution in [-0.2, 0) is 0 Å². The second kappa shape index (κ2) is 11.4. The van der Waals surface area contributed by atoms with Crippen LogP contribution in [0.2, 0.25) is 0 Å². The first kappa shape index (κ1) is 24.3. The van der Waals surface area contributed by atoms with Gasteiger partial charge in [-0.15, -0.1) is 0 Å². The summed E-state index contributed by atoms with van der Waals surface area (Å²) in [5.74, 6) is 1.73. The maximum Gasteiger partial charge on any atom is 0.126 e. The molecule has 0 amide bonds. The molecule has 3 N–H and O–H groups in total. The molecule has 0 saturated carbocycles. The van der Waals surface area contributed by atoms with Crippen molar-refractivity contribution in [3.63, 3.8) is 0 Å². The molecule has 0 radical (unpaired) electrons. The molecular formula is C26H30N6. The van der Waals surface area contributed by atoms with Gasteiger partial charge in [0.1, 0.15) is 11.6 Å². The van der Waals surface area contributed by atoms with Crippen LogP contribution in [-0.4, -0.2) is 28.8 Å². The molecule has 2 aromatic carbocycles. The number of nitrogens with one attached hydrogen (secondary N) is 3. The lowest BCUT2D eigenvalue weighted by molar-refractivity contribution is 1.17. The van der Waals surface area contributed by atoms with Gasteiger partial charge in [-0.05, 0) is 63.2 Å². The van der Waals surface area contributed by atoms with Crippen molar-refractivity contribution in [2.45, 2.75) is 28.2 Å². The predicted molar refractivity (Wildman–Crippen MR) is 136 cm³/mol. The third kappa shape index (κ3) is 5.58. The molecule has 0 saturated heterocycles. The second-order valence-electron chi connectivity index (χ2n) is 6.93. The molecule has 0 atom stereocenters. The summed E-state index contributed by atoms with van der Waals surface area (Å²) in [5, 5.41) is 24.9. The summed E-state index contributed by atoms with van der Waals surface area (Å²) in [6.07, 6.45) is 0. The van der Waals surface area contributed by atoms with Crippen LogP contribution in [0.3, 0.4) is 0 Å². The third-order valence-electron chi connectivity index (χ3n) is 4.70. The van der Waals surface area contributed by atoms with Crippen molar-refractivity contribution in [3.05, 3.63) is 71.8 Å². The summed E-state index contributed by atoms with van der Waals surface area (Å²) in [7, 11) is 0. The van der Waals surface area contributed by atoms with Crippen LogP contribution in [0.25, 0.3) is 21.8 Å². The van der Waals surface area contributed by atoms with Gasteiger partial charge in [0.2, 0.25) is 0 Å². The Bertz CT molecular complexity index is 1260. The van der Waals surface area contributed by atoms with E-state index in [0.717, 1.165) is 52.1 Å². The maximum absolute atomic E-state index is 8.91. The lowest BCUT2D eigenvalue weighted by Crippen LogP contribution is -2.00. The van der Waals surface area contributed by atoms with E-state index in [1.54, 1.807) is 13.0 Å². The summed E-state index contributed by atoms with van der Waals surface area (Å²) < 4.78 is 0. The Morgan fingerprint density at radius 3 is 1.91 bits per heavy atom. The molecule has 164 valence electrons. The smallest absolute Gasteiger partial charge is 0.126 e. The number of hydrogen-bond acceptors (Lipinski definition) is 6. The van der Waals surface area contributed by atoms with Gasteiger partial charge in [-0.25, -0.2) is 9.97 Å². The van der Waals surface area contributed by atoms with Gasteiger partial charge in [0, 0.05) is 35.1 Å². The van der Waals surface area contributed by atoms with E-state index < -0.39 is 0 Å². The fourth-order valence-electron chi connectivity index (χ4n) is 3.29. The molecule has 4 rings (SSSR count). The van der Waals surface area contributed by atoms with E-state index in [-0.39, 0.29) is 7.43 Å². The van der Waals surface area contributed by atoms with Crippen molar-refractivity contribution in [2.24, 2.45) is 0 Å². The van der Waals surface area contributed by atoms with Crippen LogP contribution in [0.1, 0.15) is 39.3 Å². The fraction of sp³-hybridized carbons (Fsp3) is 0.231. The Kier molecular flexibility index (Phi) is 8.67. The molecule has 6 nitrogen and oxygen atoms in total. The highest BCUT2D eigenvalue weighted by Gasteiger charge is 2.04. The SMILES string of the molecule is C.CCNc1ccc2c(C#N)cccc2n1.CCNc1ccc2c(C(C)=N)cccc2n1. The van der Waals surface area contributed by atoms with Crippen molar-refractivity contribution in [1.29, 1.82) is 10.7 Å². The van der Waals surface area contributed by atoms with Crippen LogP contribution in [0, 0.1) is 16.7 Å². The zero-order chi connectivity index (χ0) is 22.2. The number of rotatable bonds is 5. The fourth-order valence-corrected chi connectivity index (χ4v) is 3.29. The van der Waals surface area contributed by atoms with Crippen LogP contribution >= 0.6 is 0 Å². The zero-order valence-corrected chi connectivity index (χ0v) is 18.0. The van der Waals surface area contributed by atoms with Crippen LogP contribution < -0.4 is 10.6 Å². The summed E-state index contributed by atoms with van der Waals surface area (Å²) in [5.41, 5.74) is 3.98. The molecule has 2 heterocycles. The number of hydrogen-bond donors (Lipinski definition) is 3. The molecule has 0 aliphatic heterocycles. The van der Waals surface area contributed by atoms with Crippen LogP contribution in [0.4, 0.5) is 11.6 Å². The first-order valence-electron chi connectivity index (χ1n) is 10.3. The number of pyridine rings is 2. The van der Waals surface area contributed by atoms with Gasteiger partial charge in [0.25, 0.3) is 0 Å². The van der Waals surface area contributed by atoms with E-state index in [1.807, 2.05) is 68.4 Å². The predicted octanol–water partition coefficient (Wildman–Crippen LogP) is 6.23. The van der Waals surface area contributed by atoms with Crippen molar-refractivity contribution in [3.8, 4) is 6.07 Å². The average molecular weight is 427 g/mol. The normalized spacial score (nSPS) is 9.81. The molecule has 0 fully saturated rings. The number of nitriles is 1. The molecule has 32 heavy (non-hydrogen) atoms. The van der Waals surface area contributed by atoms with Crippen molar-refractivity contribution >= 4 is 39.2 Å². The number of anilines is 2. The highest BCUT2D eigenvalue weighted by Crippen LogP contribution is 2.20. The second-order valence-corrected chi connectivity index (χ2v) is 6.93. The maximum atomic E-state index is 8.91. The summed E-state index contributed by atoms with van der Waals surface area (Å²) in [4.78, 5) is 8.91.